The minimum atomic E-state index is -0.449. The van der Waals surface area contributed by atoms with Gasteiger partial charge in [0.15, 0.2) is 5.69 Å². The molecule has 1 saturated heterocycles. The fraction of sp³-hybridized carbons (Fsp3) is 0.643. The monoisotopic (exact) mass is 279 g/mol. The number of esters is 1. The molecule has 1 aromatic rings. The van der Waals surface area contributed by atoms with Crippen LogP contribution in [0.1, 0.15) is 51.0 Å². The third-order valence-electron chi connectivity index (χ3n) is 3.67. The molecule has 0 atom stereocenters. The summed E-state index contributed by atoms with van der Waals surface area (Å²) in [5.41, 5.74) is -0.640. The molecule has 1 fully saturated rings. The zero-order valence-electron chi connectivity index (χ0n) is 12.3. The van der Waals surface area contributed by atoms with Gasteiger partial charge in [0.05, 0.1) is 0 Å². The van der Waals surface area contributed by atoms with Gasteiger partial charge < -0.3 is 9.94 Å². The predicted octanol–water partition coefficient (Wildman–Crippen LogP) is 2.04. The fourth-order valence-electron chi connectivity index (χ4n) is 2.89. The van der Waals surface area contributed by atoms with Crippen LogP contribution in [0.25, 0.3) is 0 Å². The number of ether oxygens (including phenoxy) is 1. The van der Waals surface area contributed by atoms with Gasteiger partial charge in [-0.15, -0.1) is 0 Å². The summed E-state index contributed by atoms with van der Waals surface area (Å²) in [7, 11) is 0. The van der Waals surface area contributed by atoms with E-state index in [0.717, 1.165) is 0 Å². The molecule has 0 bridgehead atoms. The molecule has 0 aliphatic carbocycles. The summed E-state index contributed by atoms with van der Waals surface area (Å²) in [4.78, 5) is 19.7. The number of piperidine rings is 1. The molecule has 0 amide bonds. The van der Waals surface area contributed by atoms with E-state index in [2.05, 4.69) is 9.97 Å². The molecule has 0 radical (unpaired) electrons. The number of hydrogen-bond acceptors (Lipinski definition) is 6. The van der Waals surface area contributed by atoms with Gasteiger partial charge in [0.25, 0.3) is 0 Å². The molecule has 2 heterocycles. The van der Waals surface area contributed by atoms with Crippen molar-refractivity contribution in [2.75, 3.05) is 0 Å². The van der Waals surface area contributed by atoms with Gasteiger partial charge in [-0.1, -0.05) is 0 Å². The Bertz CT molecular complexity index is 470. The van der Waals surface area contributed by atoms with Gasteiger partial charge in [-0.25, -0.2) is 14.8 Å². The van der Waals surface area contributed by atoms with Crippen LogP contribution in [-0.2, 0) is 4.74 Å². The van der Waals surface area contributed by atoms with Crippen LogP contribution < -0.4 is 0 Å². The number of nitrogens with zero attached hydrogens (tertiary/aromatic N) is 3. The fourth-order valence-corrected chi connectivity index (χ4v) is 2.89. The molecule has 1 N–H and O–H groups in total. The first kappa shape index (κ1) is 14.9. The van der Waals surface area contributed by atoms with Crippen LogP contribution >= 0.6 is 0 Å². The average molecular weight is 279 g/mol. The summed E-state index contributed by atoms with van der Waals surface area (Å²) in [6.07, 6.45) is 3.73. The molecular formula is C14H21N3O3. The van der Waals surface area contributed by atoms with E-state index in [1.54, 1.807) is 0 Å². The lowest BCUT2D eigenvalue weighted by Crippen LogP contribution is -2.60. The lowest BCUT2D eigenvalue weighted by molar-refractivity contribution is -0.256. The Morgan fingerprint density at radius 3 is 2.45 bits per heavy atom. The van der Waals surface area contributed by atoms with Gasteiger partial charge >= 0.3 is 5.97 Å². The Morgan fingerprint density at radius 1 is 1.35 bits per heavy atom. The quantitative estimate of drug-likeness (QED) is 0.835. The topological polar surface area (TPSA) is 75.5 Å². The summed E-state index contributed by atoms with van der Waals surface area (Å²) < 4.78 is 5.53. The van der Waals surface area contributed by atoms with E-state index < -0.39 is 17.0 Å². The van der Waals surface area contributed by atoms with Gasteiger partial charge in [-0.2, -0.15) is 5.06 Å². The Hall–Kier alpha value is -1.53. The van der Waals surface area contributed by atoms with Crippen LogP contribution in [0.3, 0.4) is 0 Å². The maximum absolute atomic E-state index is 12.0. The minimum absolute atomic E-state index is 0.245. The Balaban J connectivity index is 2.09. The normalized spacial score (nSPS) is 22.4. The smallest absolute Gasteiger partial charge is 0.357 e. The van der Waals surface area contributed by atoms with E-state index in [9.17, 15) is 10.0 Å². The van der Waals surface area contributed by atoms with Crippen molar-refractivity contribution in [3.63, 3.8) is 0 Å². The van der Waals surface area contributed by atoms with E-state index >= 15 is 0 Å². The first-order valence-electron chi connectivity index (χ1n) is 6.68. The van der Waals surface area contributed by atoms with Crippen LogP contribution in [0.5, 0.6) is 0 Å². The zero-order chi connectivity index (χ0) is 15.0. The zero-order valence-corrected chi connectivity index (χ0v) is 12.3. The van der Waals surface area contributed by atoms with Gasteiger partial charge in [-0.3, -0.25) is 0 Å². The molecule has 6 heteroatoms. The first-order valence-corrected chi connectivity index (χ1v) is 6.68. The molecule has 110 valence electrons. The SMILES string of the molecule is CC1(C)CC(OC(=O)c2ccncn2)CC(C)(C)N1O. The highest BCUT2D eigenvalue weighted by atomic mass is 16.5. The number of carbonyl (C=O) groups excluding carboxylic acids is 1. The van der Waals surface area contributed by atoms with E-state index in [1.165, 1.54) is 23.7 Å². The highest BCUT2D eigenvalue weighted by molar-refractivity contribution is 5.87. The lowest BCUT2D eigenvalue weighted by atomic mass is 9.80. The summed E-state index contributed by atoms with van der Waals surface area (Å²) >= 11 is 0. The van der Waals surface area contributed by atoms with Crippen molar-refractivity contribution in [2.24, 2.45) is 0 Å². The van der Waals surface area contributed by atoms with Crippen LogP contribution in [0, 0.1) is 0 Å². The second-order valence-corrected chi connectivity index (χ2v) is 6.47. The molecule has 6 nitrogen and oxygen atoms in total. The Morgan fingerprint density at radius 2 is 1.95 bits per heavy atom. The molecule has 1 aromatic heterocycles. The average Bonchev–Trinajstić information content (AvgIpc) is 2.36. The van der Waals surface area contributed by atoms with Gasteiger partial charge in [0.1, 0.15) is 12.4 Å². The van der Waals surface area contributed by atoms with Crippen molar-refractivity contribution in [2.45, 2.75) is 57.7 Å². The largest absolute Gasteiger partial charge is 0.458 e. The molecular weight excluding hydrogens is 258 g/mol. The Kier molecular flexibility index (Phi) is 3.80. The highest BCUT2D eigenvalue weighted by Gasteiger charge is 2.46. The van der Waals surface area contributed by atoms with Crippen molar-refractivity contribution >= 4 is 5.97 Å². The van der Waals surface area contributed by atoms with Crippen molar-refractivity contribution in [1.29, 1.82) is 0 Å². The number of hydroxylamine groups is 2. The second kappa shape index (κ2) is 5.10. The first-order chi connectivity index (χ1) is 9.22. The van der Waals surface area contributed by atoms with E-state index in [0.29, 0.717) is 12.8 Å². The number of hydrogen-bond donors (Lipinski definition) is 1. The lowest BCUT2D eigenvalue weighted by Gasteiger charge is -2.50. The van der Waals surface area contributed by atoms with Crippen LogP contribution in [-0.4, -0.2) is 43.4 Å². The standard InChI is InChI=1S/C14H21N3O3/c1-13(2)7-10(8-14(3,4)17(13)19)20-12(18)11-5-6-15-9-16-11/h5-6,9-10,19H,7-8H2,1-4H3. The van der Waals surface area contributed by atoms with Crippen molar-refractivity contribution in [3.8, 4) is 0 Å². The summed E-state index contributed by atoms with van der Waals surface area (Å²) in [6.45, 7) is 7.72. The van der Waals surface area contributed by atoms with Gasteiger partial charge in [0, 0.05) is 30.1 Å². The molecule has 20 heavy (non-hydrogen) atoms. The Labute approximate surface area is 118 Å². The molecule has 0 aromatic carbocycles. The highest BCUT2D eigenvalue weighted by Crippen LogP contribution is 2.38. The molecule has 1 aliphatic rings. The van der Waals surface area contributed by atoms with Crippen LogP contribution in [0.4, 0.5) is 0 Å². The molecule has 1 aliphatic heterocycles. The third kappa shape index (κ3) is 2.96. The van der Waals surface area contributed by atoms with Gasteiger partial charge in [0.2, 0.25) is 0 Å². The summed E-state index contributed by atoms with van der Waals surface area (Å²) in [5.74, 6) is -0.449. The second-order valence-electron chi connectivity index (χ2n) is 6.47. The van der Waals surface area contributed by atoms with Crippen LogP contribution in [0.2, 0.25) is 0 Å². The summed E-state index contributed by atoms with van der Waals surface area (Å²) in [5, 5.41) is 11.6. The van der Waals surface area contributed by atoms with Crippen molar-refractivity contribution in [3.05, 3.63) is 24.3 Å². The maximum atomic E-state index is 12.0. The number of rotatable bonds is 2. The molecule has 2 rings (SSSR count). The van der Waals surface area contributed by atoms with E-state index in [4.69, 9.17) is 4.74 Å². The van der Waals surface area contributed by atoms with E-state index in [-0.39, 0.29) is 11.8 Å². The maximum Gasteiger partial charge on any atom is 0.357 e. The van der Waals surface area contributed by atoms with Gasteiger partial charge in [-0.05, 0) is 33.8 Å². The van der Waals surface area contributed by atoms with Crippen molar-refractivity contribution < 1.29 is 14.7 Å². The minimum Gasteiger partial charge on any atom is -0.458 e. The van der Waals surface area contributed by atoms with Crippen molar-refractivity contribution in [1.82, 2.24) is 15.0 Å². The number of carbonyl (C=O) groups is 1. The molecule has 0 saturated carbocycles. The predicted molar refractivity (Wildman–Crippen MR) is 72.3 cm³/mol. The summed E-state index contributed by atoms with van der Waals surface area (Å²) in [6, 6.07) is 1.53. The third-order valence-corrected chi connectivity index (χ3v) is 3.67. The molecule has 0 unspecified atom stereocenters. The number of aromatic nitrogens is 2. The van der Waals surface area contributed by atoms with E-state index in [1.807, 2.05) is 27.7 Å². The van der Waals surface area contributed by atoms with Crippen LogP contribution in [0.15, 0.2) is 18.6 Å². The molecule has 0 spiro atoms.